The Morgan fingerprint density at radius 1 is 1.03 bits per heavy atom. The summed E-state index contributed by atoms with van der Waals surface area (Å²) in [5.74, 6) is 0.948. The molecule has 0 aliphatic carbocycles. The van der Waals surface area contributed by atoms with Crippen LogP contribution in [0.2, 0.25) is 0 Å². The van der Waals surface area contributed by atoms with Gasteiger partial charge in [-0.05, 0) is 64.7 Å². The largest absolute Gasteiger partial charge is 0.492 e. The Morgan fingerprint density at radius 3 is 2.55 bits per heavy atom. The summed E-state index contributed by atoms with van der Waals surface area (Å²) in [7, 11) is 1.52. The fourth-order valence-corrected chi connectivity index (χ4v) is 3.07. The van der Waals surface area contributed by atoms with Gasteiger partial charge in [0.15, 0.2) is 17.1 Å². The monoisotopic (exact) mass is 426 g/mol. The molecule has 5 nitrogen and oxygen atoms in total. The summed E-state index contributed by atoms with van der Waals surface area (Å²) in [4.78, 5) is 12.6. The normalized spacial score (nSPS) is 11.7. The fourth-order valence-electron chi connectivity index (χ4n) is 3.07. The van der Waals surface area contributed by atoms with Crippen LogP contribution in [0, 0.1) is 0 Å². The quantitative estimate of drug-likeness (QED) is 0.217. The van der Waals surface area contributed by atoms with Gasteiger partial charge in [0.2, 0.25) is 5.75 Å². The van der Waals surface area contributed by atoms with E-state index in [1.54, 1.807) is 6.07 Å². The molecular weight excluding hydrogens is 392 g/mol. The fraction of sp³-hybridized carbons (Fsp3) is 0.423. The average molecular weight is 427 g/mol. The van der Waals surface area contributed by atoms with Crippen molar-refractivity contribution in [3.8, 4) is 17.2 Å². The number of fused-ring (bicyclic) bond motifs is 1. The first kappa shape index (κ1) is 24.3. The van der Waals surface area contributed by atoms with Crippen LogP contribution in [0.25, 0.3) is 11.0 Å². The molecule has 0 amide bonds. The van der Waals surface area contributed by atoms with Gasteiger partial charge in [-0.1, -0.05) is 42.4 Å². The summed E-state index contributed by atoms with van der Waals surface area (Å²) < 4.78 is 22.7. The van der Waals surface area contributed by atoms with Crippen molar-refractivity contribution in [1.82, 2.24) is 0 Å². The van der Waals surface area contributed by atoms with Gasteiger partial charge >= 0.3 is 5.63 Å². The number of hydrogen-bond donors (Lipinski definition) is 0. The van der Waals surface area contributed by atoms with E-state index >= 15 is 0 Å². The van der Waals surface area contributed by atoms with Gasteiger partial charge in [0, 0.05) is 0 Å². The first-order valence-electron chi connectivity index (χ1n) is 10.8. The van der Waals surface area contributed by atoms with Gasteiger partial charge in [0.1, 0.15) is 6.61 Å². The van der Waals surface area contributed by atoms with E-state index in [2.05, 4.69) is 45.9 Å². The predicted molar refractivity (Wildman–Crippen MR) is 126 cm³/mol. The van der Waals surface area contributed by atoms with Gasteiger partial charge in [0.25, 0.3) is 0 Å². The van der Waals surface area contributed by atoms with Crippen LogP contribution in [0.3, 0.4) is 0 Å². The minimum absolute atomic E-state index is 0.0753. The maximum atomic E-state index is 12.6. The van der Waals surface area contributed by atoms with Gasteiger partial charge in [0.05, 0.1) is 19.1 Å². The molecule has 168 valence electrons. The molecule has 0 spiro atoms. The molecule has 2 aromatic rings. The van der Waals surface area contributed by atoms with Crippen LogP contribution in [-0.2, 0) is 0 Å². The Balaban J connectivity index is 2.19. The van der Waals surface area contributed by atoms with Crippen LogP contribution >= 0.6 is 0 Å². The maximum absolute atomic E-state index is 12.6. The molecule has 1 heterocycles. The second kappa shape index (κ2) is 12.7. The van der Waals surface area contributed by atoms with Crippen molar-refractivity contribution in [2.45, 2.75) is 53.4 Å². The number of para-hydroxylation sites is 1. The summed E-state index contributed by atoms with van der Waals surface area (Å²) in [6.07, 6.45) is 12.1. The van der Waals surface area contributed by atoms with Crippen molar-refractivity contribution in [1.29, 1.82) is 0 Å². The molecule has 31 heavy (non-hydrogen) atoms. The zero-order valence-electron chi connectivity index (χ0n) is 19.3. The van der Waals surface area contributed by atoms with Crippen molar-refractivity contribution < 1.29 is 18.6 Å². The third-order valence-corrected chi connectivity index (χ3v) is 4.71. The van der Waals surface area contributed by atoms with Gasteiger partial charge in [-0.15, -0.1) is 0 Å². The molecule has 0 unspecified atom stereocenters. The lowest BCUT2D eigenvalue weighted by Crippen LogP contribution is -2.10. The number of methoxy groups -OCH3 is 1. The molecule has 0 N–H and O–H groups in total. The highest BCUT2D eigenvalue weighted by molar-refractivity contribution is 5.89. The highest BCUT2D eigenvalue weighted by Gasteiger charge is 2.19. The van der Waals surface area contributed by atoms with E-state index in [1.807, 2.05) is 18.2 Å². The highest BCUT2D eigenvalue weighted by Crippen LogP contribution is 2.36. The smallest absolute Gasteiger partial charge is 0.383 e. The number of allylic oxidation sites excluding steroid dienone is 4. The second-order valence-corrected chi connectivity index (χ2v) is 7.58. The molecule has 0 aliphatic rings. The SMILES string of the molecule is CCC=CCCOc1cccc2c(OC)c(OC/C=C(\C)CCC=C(C)C)c(=O)oc12. The Kier molecular flexibility index (Phi) is 9.95. The summed E-state index contributed by atoms with van der Waals surface area (Å²) in [5, 5.41) is 0.642. The molecular formula is C26H34O5. The number of benzene rings is 1. The zero-order valence-corrected chi connectivity index (χ0v) is 19.3. The second-order valence-electron chi connectivity index (χ2n) is 7.58. The molecule has 2 rings (SSSR count). The van der Waals surface area contributed by atoms with Crippen molar-refractivity contribution in [3.63, 3.8) is 0 Å². The van der Waals surface area contributed by atoms with Crippen molar-refractivity contribution in [2.75, 3.05) is 20.3 Å². The van der Waals surface area contributed by atoms with Gasteiger partial charge in [-0.2, -0.15) is 0 Å². The van der Waals surface area contributed by atoms with E-state index < -0.39 is 5.63 Å². The van der Waals surface area contributed by atoms with Crippen LogP contribution in [-0.4, -0.2) is 20.3 Å². The van der Waals surface area contributed by atoms with E-state index in [-0.39, 0.29) is 12.4 Å². The maximum Gasteiger partial charge on any atom is 0.383 e. The summed E-state index contributed by atoms with van der Waals surface area (Å²) in [6, 6.07) is 5.46. The van der Waals surface area contributed by atoms with E-state index in [0.717, 1.165) is 25.7 Å². The minimum Gasteiger partial charge on any atom is -0.492 e. The van der Waals surface area contributed by atoms with Crippen LogP contribution in [0.1, 0.15) is 53.4 Å². The van der Waals surface area contributed by atoms with Crippen molar-refractivity contribution >= 4 is 11.0 Å². The number of rotatable bonds is 12. The molecule has 0 saturated carbocycles. The van der Waals surface area contributed by atoms with Gasteiger partial charge < -0.3 is 18.6 Å². The average Bonchev–Trinajstić information content (AvgIpc) is 2.74. The van der Waals surface area contributed by atoms with Crippen LogP contribution in [0.4, 0.5) is 0 Å². The summed E-state index contributed by atoms with van der Waals surface area (Å²) in [5.41, 5.74) is 2.30. The first-order chi connectivity index (χ1) is 15.0. The first-order valence-corrected chi connectivity index (χ1v) is 10.8. The van der Waals surface area contributed by atoms with Crippen LogP contribution in [0.15, 0.2) is 62.9 Å². The summed E-state index contributed by atoms with van der Waals surface area (Å²) >= 11 is 0. The van der Waals surface area contributed by atoms with E-state index in [1.165, 1.54) is 18.3 Å². The van der Waals surface area contributed by atoms with E-state index in [9.17, 15) is 4.79 Å². The highest BCUT2D eigenvalue weighted by atomic mass is 16.5. The minimum atomic E-state index is -0.582. The number of hydrogen-bond acceptors (Lipinski definition) is 5. The molecule has 1 aromatic carbocycles. The zero-order chi connectivity index (χ0) is 22.6. The Labute approximate surface area is 185 Å². The lowest BCUT2D eigenvalue weighted by molar-refractivity contribution is 0.302. The Hall–Kier alpha value is -2.95. The molecule has 0 bridgehead atoms. The van der Waals surface area contributed by atoms with Gasteiger partial charge in [-0.3, -0.25) is 0 Å². The lowest BCUT2D eigenvalue weighted by Gasteiger charge is -2.13. The molecule has 1 aromatic heterocycles. The molecule has 5 heteroatoms. The standard InChI is InChI=1S/C26H34O5/c1-6-7-8-9-17-29-22-15-11-14-21-23(22)31-26(27)25(24(21)28-5)30-18-16-20(4)13-10-12-19(2)3/h7-8,11-12,14-16H,6,9-10,13,17-18H2,1-5H3/b8-7?,20-16+. The third kappa shape index (κ3) is 7.35. The number of ether oxygens (including phenoxy) is 3. The predicted octanol–water partition coefficient (Wildman–Crippen LogP) is 6.61. The Bertz CT molecular complexity index is 991. The van der Waals surface area contributed by atoms with Crippen molar-refractivity contribution in [3.05, 3.63) is 64.1 Å². The third-order valence-electron chi connectivity index (χ3n) is 4.71. The molecule has 0 radical (unpaired) electrons. The topological polar surface area (TPSA) is 57.9 Å². The van der Waals surface area contributed by atoms with Gasteiger partial charge in [-0.25, -0.2) is 4.79 Å². The molecule has 0 atom stereocenters. The molecule has 0 saturated heterocycles. The van der Waals surface area contributed by atoms with Crippen molar-refractivity contribution in [2.24, 2.45) is 0 Å². The molecule has 0 fully saturated rings. The Morgan fingerprint density at radius 2 is 1.84 bits per heavy atom. The summed E-state index contributed by atoms with van der Waals surface area (Å²) in [6.45, 7) is 9.09. The molecule has 0 aliphatic heterocycles. The lowest BCUT2D eigenvalue weighted by atomic mass is 10.1. The van der Waals surface area contributed by atoms with Crippen LogP contribution < -0.4 is 19.8 Å². The van der Waals surface area contributed by atoms with Crippen LogP contribution in [0.5, 0.6) is 17.2 Å². The van der Waals surface area contributed by atoms with E-state index in [0.29, 0.717) is 29.1 Å². The van der Waals surface area contributed by atoms with E-state index in [4.69, 9.17) is 18.6 Å².